The number of fused-ring (bicyclic) bond motifs is 2. The summed E-state index contributed by atoms with van der Waals surface area (Å²) in [7, 11) is 0. The minimum atomic E-state index is 0.555. The lowest BCUT2D eigenvalue weighted by Crippen LogP contribution is -2.24. The fourth-order valence-electron chi connectivity index (χ4n) is 5.47. The Morgan fingerprint density at radius 2 is 1.00 bits per heavy atom. The highest BCUT2D eigenvalue weighted by atomic mass is 15.3. The van der Waals surface area contributed by atoms with E-state index < -0.39 is 0 Å². The molecule has 0 atom stereocenters. The van der Waals surface area contributed by atoms with Crippen LogP contribution in [0.25, 0.3) is 22.3 Å². The summed E-state index contributed by atoms with van der Waals surface area (Å²) in [6.07, 6.45) is 3.38. The Balaban J connectivity index is 1.37. The Morgan fingerprint density at radius 1 is 0.475 bits per heavy atom. The van der Waals surface area contributed by atoms with Gasteiger partial charge < -0.3 is 9.80 Å². The van der Waals surface area contributed by atoms with Crippen molar-refractivity contribution >= 4 is 34.1 Å². The number of anilines is 6. The highest BCUT2D eigenvalue weighted by Gasteiger charge is 2.31. The van der Waals surface area contributed by atoms with Crippen molar-refractivity contribution in [1.29, 1.82) is 5.26 Å². The molecule has 0 aliphatic carbocycles. The zero-order valence-corrected chi connectivity index (χ0v) is 21.6. The van der Waals surface area contributed by atoms with Gasteiger partial charge in [0.25, 0.3) is 0 Å². The minimum absolute atomic E-state index is 0.555. The van der Waals surface area contributed by atoms with E-state index in [4.69, 9.17) is 0 Å². The Hall–Kier alpha value is -5.66. The number of hydrogen-bond donors (Lipinski definition) is 0. The van der Waals surface area contributed by atoms with Gasteiger partial charge in [-0.3, -0.25) is 4.98 Å². The molecule has 5 aromatic carbocycles. The highest BCUT2D eigenvalue weighted by Crippen LogP contribution is 2.55. The van der Waals surface area contributed by atoms with Crippen molar-refractivity contribution in [2.75, 3.05) is 9.80 Å². The van der Waals surface area contributed by atoms with Gasteiger partial charge in [0, 0.05) is 29.2 Å². The summed E-state index contributed by atoms with van der Waals surface area (Å²) in [6.45, 7) is 0. The molecule has 7 rings (SSSR count). The van der Waals surface area contributed by atoms with Crippen LogP contribution >= 0.6 is 0 Å². The van der Waals surface area contributed by atoms with Crippen molar-refractivity contribution in [3.05, 3.63) is 151 Å². The Labute approximate surface area is 233 Å². The second-order valence-electron chi connectivity index (χ2n) is 9.65. The summed E-state index contributed by atoms with van der Waals surface area (Å²) in [5.74, 6) is 0. The van der Waals surface area contributed by atoms with Gasteiger partial charge in [-0.2, -0.15) is 5.26 Å². The Kier molecular flexibility index (Phi) is 5.81. The van der Waals surface area contributed by atoms with Gasteiger partial charge in [-0.15, -0.1) is 0 Å². The molecule has 0 fully saturated rings. The zero-order valence-electron chi connectivity index (χ0n) is 21.6. The number of benzene rings is 5. The predicted octanol–water partition coefficient (Wildman–Crippen LogP) is 9.54. The van der Waals surface area contributed by atoms with Crippen molar-refractivity contribution in [3.63, 3.8) is 0 Å². The molecule has 0 saturated heterocycles. The molecule has 6 aromatic rings. The topological polar surface area (TPSA) is 43.2 Å². The van der Waals surface area contributed by atoms with Crippen molar-refractivity contribution in [3.8, 4) is 28.3 Å². The average Bonchev–Trinajstić information content (AvgIpc) is 3.04. The molecule has 2 heterocycles. The van der Waals surface area contributed by atoms with Crippen LogP contribution in [-0.2, 0) is 0 Å². The summed E-state index contributed by atoms with van der Waals surface area (Å²) >= 11 is 0. The summed E-state index contributed by atoms with van der Waals surface area (Å²) in [6, 6.07) is 48.8. The normalized spacial score (nSPS) is 11.9. The summed E-state index contributed by atoms with van der Waals surface area (Å²) in [5.41, 5.74) is 11.5. The van der Waals surface area contributed by atoms with Crippen LogP contribution in [0.2, 0.25) is 0 Å². The van der Waals surface area contributed by atoms with Gasteiger partial charge in [-0.25, -0.2) is 0 Å². The molecule has 0 spiro atoms. The molecule has 0 amide bonds. The van der Waals surface area contributed by atoms with Gasteiger partial charge in [0.1, 0.15) is 6.07 Å². The van der Waals surface area contributed by atoms with Crippen LogP contribution in [0.3, 0.4) is 0 Å². The number of rotatable bonds is 4. The molecule has 40 heavy (non-hydrogen) atoms. The molecule has 0 radical (unpaired) electrons. The van der Waals surface area contributed by atoms with Crippen LogP contribution < -0.4 is 9.80 Å². The smallest absolute Gasteiger partial charge is 0.101 e. The van der Waals surface area contributed by atoms with Crippen LogP contribution in [-0.4, -0.2) is 4.98 Å². The van der Waals surface area contributed by atoms with Crippen molar-refractivity contribution < 1.29 is 0 Å². The van der Waals surface area contributed by atoms with Gasteiger partial charge in [0.05, 0.1) is 34.0 Å². The monoisotopic (exact) mass is 512 g/mol. The number of aromatic nitrogens is 1. The van der Waals surface area contributed by atoms with E-state index in [2.05, 4.69) is 148 Å². The second-order valence-corrected chi connectivity index (χ2v) is 9.65. The van der Waals surface area contributed by atoms with E-state index in [1.165, 1.54) is 0 Å². The molecular formula is C36H24N4. The lowest BCUT2D eigenvalue weighted by Gasteiger charge is -2.40. The van der Waals surface area contributed by atoms with Gasteiger partial charge in [0.2, 0.25) is 0 Å². The summed E-state index contributed by atoms with van der Waals surface area (Å²) in [4.78, 5) is 8.93. The third-order valence-corrected chi connectivity index (χ3v) is 7.28. The molecule has 188 valence electrons. The molecule has 1 aromatic heterocycles. The lowest BCUT2D eigenvalue weighted by molar-refractivity contribution is 1.17. The molecule has 1 aliphatic rings. The standard InChI is InChI=1S/C36H24N4/c37-23-26-22-29(25-38-24-26)27-18-20-28(21-19-27)31-12-4-5-13-32(31)40-35-16-8-6-14-33(35)39(30-10-2-1-3-11-30)34-15-7-9-17-36(34)40/h1-22,24-25H. The Bertz CT molecular complexity index is 1820. The van der Waals surface area contributed by atoms with Crippen LogP contribution in [0.4, 0.5) is 34.1 Å². The third kappa shape index (κ3) is 3.98. The van der Waals surface area contributed by atoms with Crippen molar-refractivity contribution in [1.82, 2.24) is 4.98 Å². The molecule has 4 heteroatoms. The number of nitriles is 1. The molecular weight excluding hydrogens is 488 g/mol. The van der Waals surface area contributed by atoms with E-state index >= 15 is 0 Å². The van der Waals surface area contributed by atoms with Gasteiger partial charge in [-0.05, 0) is 59.7 Å². The first kappa shape index (κ1) is 23.5. The average molecular weight is 513 g/mol. The van der Waals surface area contributed by atoms with Crippen LogP contribution in [0, 0.1) is 11.3 Å². The first-order valence-corrected chi connectivity index (χ1v) is 13.2. The fraction of sp³-hybridized carbons (Fsp3) is 0. The fourth-order valence-corrected chi connectivity index (χ4v) is 5.47. The van der Waals surface area contributed by atoms with Gasteiger partial charge in [-0.1, -0.05) is 84.9 Å². The first-order chi connectivity index (χ1) is 19.8. The Morgan fingerprint density at radius 3 is 1.62 bits per heavy atom. The van der Waals surface area contributed by atoms with E-state index in [1.807, 2.05) is 6.07 Å². The van der Waals surface area contributed by atoms with E-state index in [-0.39, 0.29) is 0 Å². The molecule has 0 bridgehead atoms. The maximum atomic E-state index is 9.28. The molecule has 1 aliphatic heterocycles. The predicted molar refractivity (Wildman–Crippen MR) is 163 cm³/mol. The van der Waals surface area contributed by atoms with E-state index in [0.29, 0.717) is 5.56 Å². The number of nitrogens with zero attached hydrogens (tertiary/aromatic N) is 4. The highest BCUT2D eigenvalue weighted by molar-refractivity contribution is 6.03. The van der Waals surface area contributed by atoms with E-state index in [0.717, 1.165) is 56.4 Å². The quantitative estimate of drug-likeness (QED) is 0.235. The molecule has 4 nitrogen and oxygen atoms in total. The second kappa shape index (κ2) is 9.90. The zero-order chi connectivity index (χ0) is 26.9. The summed E-state index contributed by atoms with van der Waals surface area (Å²) < 4.78 is 0. The SMILES string of the molecule is N#Cc1cncc(-c2ccc(-c3ccccc3N3c4ccccc4N(c4ccccc4)c4ccccc43)cc2)c1. The van der Waals surface area contributed by atoms with Gasteiger partial charge in [0.15, 0.2) is 0 Å². The number of hydrogen-bond acceptors (Lipinski definition) is 4. The van der Waals surface area contributed by atoms with E-state index in [9.17, 15) is 5.26 Å². The third-order valence-electron chi connectivity index (χ3n) is 7.28. The maximum absolute atomic E-state index is 9.28. The van der Waals surface area contributed by atoms with Gasteiger partial charge >= 0.3 is 0 Å². The van der Waals surface area contributed by atoms with Crippen molar-refractivity contribution in [2.45, 2.75) is 0 Å². The summed E-state index contributed by atoms with van der Waals surface area (Å²) in [5, 5.41) is 9.28. The molecule has 0 N–H and O–H groups in total. The van der Waals surface area contributed by atoms with Crippen LogP contribution in [0.1, 0.15) is 5.56 Å². The molecule has 0 saturated carbocycles. The lowest BCUT2D eigenvalue weighted by atomic mass is 9.97. The van der Waals surface area contributed by atoms with Crippen molar-refractivity contribution in [2.24, 2.45) is 0 Å². The van der Waals surface area contributed by atoms with Crippen LogP contribution in [0.5, 0.6) is 0 Å². The number of pyridine rings is 1. The molecule has 0 unspecified atom stereocenters. The van der Waals surface area contributed by atoms with E-state index in [1.54, 1.807) is 12.4 Å². The number of para-hydroxylation sites is 6. The van der Waals surface area contributed by atoms with Crippen LogP contribution in [0.15, 0.2) is 146 Å². The maximum Gasteiger partial charge on any atom is 0.101 e. The largest absolute Gasteiger partial charge is 0.306 e. The first-order valence-electron chi connectivity index (χ1n) is 13.2. The minimum Gasteiger partial charge on any atom is -0.306 e.